The normalized spacial score (nSPS) is 16.4. The summed E-state index contributed by atoms with van der Waals surface area (Å²) in [6.07, 6.45) is 9.41. The van der Waals surface area contributed by atoms with Crippen LogP contribution in [0.2, 0.25) is 0 Å². The second-order valence-electron chi connectivity index (χ2n) is 6.71. The average Bonchev–Trinajstić information content (AvgIpc) is 3.13. The molecule has 2 heterocycles. The van der Waals surface area contributed by atoms with Gasteiger partial charge >= 0.3 is 6.03 Å². The Morgan fingerprint density at radius 1 is 1.32 bits per heavy atom. The summed E-state index contributed by atoms with van der Waals surface area (Å²) in [5.74, 6) is 1.63. The zero-order valence-corrected chi connectivity index (χ0v) is 14.8. The highest BCUT2D eigenvalue weighted by atomic mass is 16.5. The van der Waals surface area contributed by atoms with E-state index in [0.717, 1.165) is 24.2 Å². The van der Waals surface area contributed by atoms with Crippen molar-refractivity contribution in [3.63, 3.8) is 0 Å². The van der Waals surface area contributed by atoms with Gasteiger partial charge in [0.2, 0.25) is 5.89 Å². The lowest BCUT2D eigenvalue weighted by Gasteiger charge is -2.20. The number of carbonyl (C=O) groups excluding carboxylic acids is 1. The molecule has 2 aromatic heterocycles. The standard InChI is InChI=1S/C18H25N5O2/c1-13(17-21-16(22-25-17)15-6-4-3-5-7-15)20-18(24)23(2)12-14-8-10-19-11-9-14/h8-11,13,15H,3-7,12H2,1-2H3,(H,20,24). The molecule has 25 heavy (non-hydrogen) atoms. The highest BCUT2D eigenvalue weighted by molar-refractivity contribution is 5.74. The Morgan fingerprint density at radius 3 is 2.76 bits per heavy atom. The summed E-state index contributed by atoms with van der Waals surface area (Å²) in [5, 5.41) is 7.03. The van der Waals surface area contributed by atoms with Gasteiger partial charge in [0.15, 0.2) is 5.82 Å². The second kappa shape index (κ2) is 8.09. The predicted octanol–water partition coefficient (Wildman–Crippen LogP) is 3.41. The first kappa shape index (κ1) is 17.4. The Hall–Kier alpha value is -2.44. The van der Waals surface area contributed by atoms with Crippen molar-refractivity contribution in [2.45, 2.75) is 57.5 Å². The van der Waals surface area contributed by atoms with Gasteiger partial charge in [-0.05, 0) is 37.5 Å². The number of hydrogen-bond acceptors (Lipinski definition) is 5. The van der Waals surface area contributed by atoms with Gasteiger partial charge in [-0.1, -0.05) is 24.4 Å². The van der Waals surface area contributed by atoms with E-state index in [1.54, 1.807) is 24.3 Å². The van der Waals surface area contributed by atoms with E-state index in [1.807, 2.05) is 19.1 Å². The van der Waals surface area contributed by atoms with Crippen LogP contribution in [0.4, 0.5) is 4.79 Å². The summed E-state index contributed by atoms with van der Waals surface area (Å²) in [5.41, 5.74) is 1.03. The Kier molecular flexibility index (Phi) is 5.63. The van der Waals surface area contributed by atoms with Crippen molar-refractivity contribution in [1.82, 2.24) is 25.3 Å². The summed E-state index contributed by atoms with van der Waals surface area (Å²) < 4.78 is 5.38. The molecule has 2 amide bonds. The van der Waals surface area contributed by atoms with Crippen LogP contribution in [0.3, 0.4) is 0 Å². The molecule has 0 spiro atoms. The van der Waals surface area contributed by atoms with Gasteiger partial charge in [-0.15, -0.1) is 0 Å². The van der Waals surface area contributed by atoms with Crippen molar-refractivity contribution in [1.29, 1.82) is 0 Å². The molecule has 134 valence electrons. The van der Waals surface area contributed by atoms with Crippen LogP contribution >= 0.6 is 0 Å². The molecule has 0 bridgehead atoms. The van der Waals surface area contributed by atoms with Crippen LogP contribution in [-0.4, -0.2) is 33.1 Å². The summed E-state index contributed by atoms with van der Waals surface area (Å²) in [7, 11) is 1.75. The summed E-state index contributed by atoms with van der Waals surface area (Å²) >= 11 is 0. The number of pyridine rings is 1. The van der Waals surface area contributed by atoms with Crippen LogP contribution in [0, 0.1) is 0 Å². The highest BCUT2D eigenvalue weighted by Crippen LogP contribution is 2.31. The van der Waals surface area contributed by atoms with E-state index in [-0.39, 0.29) is 12.1 Å². The quantitative estimate of drug-likeness (QED) is 0.899. The number of rotatable bonds is 5. The molecule has 1 aliphatic rings. The summed E-state index contributed by atoms with van der Waals surface area (Å²) in [6, 6.07) is 3.28. The fraction of sp³-hybridized carbons (Fsp3) is 0.556. The maximum Gasteiger partial charge on any atom is 0.318 e. The van der Waals surface area contributed by atoms with Gasteiger partial charge in [0.05, 0.1) is 0 Å². The van der Waals surface area contributed by atoms with Crippen molar-refractivity contribution in [2.75, 3.05) is 7.05 Å². The number of carbonyl (C=O) groups is 1. The summed E-state index contributed by atoms with van der Waals surface area (Å²) in [4.78, 5) is 22.5. The van der Waals surface area contributed by atoms with E-state index in [2.05, 4.69) is 20.4 Å². The van der Waals surface area contributed by atoms with E-state index < -0.39 is 0 Å². The Morgan fingerprint density at radius 2 is 2.04 bits per heavy atom. The molecule has 1 aliphatic carbocycles. The van der Waals surface area contributed by atoms with Crippen molar-refractivity contribution in [3.8, 4) is 0 Å². The molecule has 3 rings (SSSR count). The minimum Gasteiger partial charge on any atom is -0.337 e. The molecule has 1 unspecified atom stereocenters. The van der Waals surface area contributed by atoms with Gasteiger partial charge in [-0.25, -0.2) is 4.79 Å². The van der Waals surface area contributed by atoms with Crippen LogP contribution in [0.1, 0.15) is 68.3 Å². The summed E-state index contributed by atoms with van der Waals surface area (Å²) in [6.45, 7) is 2.37. The lowest BCUT2D eigenvalue weighted by atomic mass is 9.89. The molecule has 1 N–H and O–H groups in total. The van der Waals surface area contributed by atoms with Gasteiger partial charge in [-0.3, -0.25) is 4.98 Å². The van der Waals surface area contributed by atoms with Gasteiger partial charge in [0.25, 0.3) is 0 Å². The number of aromatic nitrogens is 3. The van der Waals surface area contributed by atoms with Crippen molar-refractivity contribution in [3.05, 3.63) is 41.8 Å². The zero-order chi connectivity index (χ0) is 17.6. The van der Waals surface area contributed by atoms with Gasteiger partial charge in [0.1, 0.15) is 6.04 Å². The molecule has 1 atom stereocenters. The molecule has 0 aromatic carbocycles. The number of urea groups is 1. The molecule has 1 fully saturated rings. The lowest BCUT2D eigenvalue weighted by molar-refractivity contribution is 0.200. The molecule has 2 aromatic rings. The van der Waals surface area contributed by atoms with Crippen LogP contribution in [-0.2, 0) is 6.54 Å². The molecular weight excluding hydrogens is 318 g/mol. The zero-order valence-electron chi connectivity index (χ0n) is 14.8. The monoisotopic (exact) mass is 343 g/mol. The van der Waals surface area contributed by atoms with E-state index in [4.69, 9.17) is 4.52 Å². The molecule has 0 aliphatic heterocycles. The van der Waals surface area contributed by atoms with Gasteiger partial charge < -0.3 is 14.7 Å². The Labute approximate surface area is 147 Å². The highest BCUT2D eigenvalue weighted by Gasteiger charge is 2.24. The smallest absolute Gasteiger partial charge is 0.318 e. The van der Waals surface area contributed by atoms with Gasteiger partial charge in [0, 0.05) is 31.9 Å². The van der Waals surface area contributed by atoms with E-state index in [1.165, 1.54) is 19.3 Å². The van der Waals surface area contributed by atoms with E-state index >= 15 is 0 Å². The van der Waals surface area contributed by atoms with E-state index in [0.29, 0.717) is 18.4 Å². The fourth-order valence-corrected chi connectivity index (χ4v) is 3.14. The minimum absolute atomic E-state index is 0.179. The molecule has 7 nitrogen and oxygen atoms in total. The van der Waals surface area contributed by atoms with Crippen LogP contribution in [0.25, 0.3) is 0 Å². The van der Waals surface area contributed by atoms with Crippen LogP contribution in [0.5, 0.6) is 0 Å². The number of hydrogen-bond donors (Lipinski definition) is 1. The Balaban J connectivity index is 1.55. The van der Waals surface area contributed by atoms with Crippen molar-refractivity contribution < 1.29 is 9.32 Å². The predicted molar refractivity (Wildman–Crippen MR) is 92.8 cm³/mol. The number of amides is 2. The first-order valence-corrected chi connectivity index (χ1v) is 8.87. The maximum absolute atomic E-state index is 12.3. The molecule has 7 heteroatoms. The third kappa shape index (κ3) is 4.55. The minimum atomic E-state index is -0.322. The topological polar surface area (TPSA) is 84.2 Å². The lowest BCUT2D eigenvalue weighted by Crippen LogP contribution is -2.38. The number of nitrogens with zero attached hydrogens (tertiary/aromatic N) is 4. The van der Waals surface area contributed by atoms with Crippen LogP contribution in [0.15, 0.2) is 29.0 Å². The molecular formula is C18H25N5O2. The van der Waals surface area contributed by atoms with E-state index in [9.17, 15) is 4.79 Å². The number of nitrogens with one attached hydrogen (secondary N) is 1. The molecule has 0 saturated heterocycles. The van der Waals surface area contributed by atoms with Gasteiger partial charge in [-0.2, -0.15) is 4.98 Å². The molecule has 0 radical (unpaired) electrons. The van der Waals surface area contributed by atoms with Crippen LogP contribution < -0.4 is 5.32 Å². The first-order chi connectivity index (χ1) is 12.1. The van der Waals surface area contributed by atoms with Crippen molar-refractivity contribution in [2.24, 2.45) is 0 Å². The van der Waals surface area contributed by atoms with Crippen molar-refractivity contribution >= 4 is 6.03 Å². The third-order valence-corrected chi connectivity index (χ3v) is 4.65. The second-order valence-corrected chi connectivity index (χ2v) is 6.71. The SMILES string of the molecule is CC(NC(=O)N(C)Cc1ccncc1)c1nc(C2CCCCC2)no1. The Bertz CT molecular complexity index is 682. The first-order valence-electron chi connectivity index (χ1n) is 8.87. The third-order valence-electron chi connectivity index (χ3n) is 4.65. The average molecular weight is 343 g/mol. The molecule has 1 saturated carbocycles. The maximum atomic E-state index is 12.3. The largest absolute Gasteiger partial charge is 0.337 e. The fourth-order valence-electron chi connectivity index (χ4n) is 3.14.